The van der Waals surface area contributed by atoms with E-state index in [9.17, 15) is 4.79 Å². The summed E-state index contributed by atoms with van der Waals surface area (Å²) in [4.78, 5) is 11.8. The van der Waals surface area contributed by atoms with Crippen molar-refractivity contribution in [1.29, 1.82) is 0 Å². The zero-order valence-corrected chi connectivity index (χ0v) is 16.8. The molecule has 0 unspecified atom stereocenters. The van der Waals surface area contributed by atoms with Gasteiger partial charge in [0.05, 0.1) is 14.2 Å². The number of hydrogen-bond acceptors (Lipinski definition) is 5. The fourth-order valence-electron chi connectivity index (χ4n) is 2.72. The van der Waals surface area contributed by atoms with Crippen molar-refractivity contribution >= 4 is 5.78 Å². The molecule has 0 amide bonds. The van der Waals surface area contributed by atoms with Gasteiger partial charge in [-0.2, -0.15) is 0 Å². The summed E-state index contributed by atoms with van der Waals surface area (Å²) in [5, 5.41) is 0. The molecule has 0 atom stereocenters. The average molecular weight is 392 g/mol. The molecule has 0 fully saturated rings. The summed E-state index contributed by atoms with van der Waals surface area (Å²) in [7, 11) is 3.26. The maximum atomic E-state index is 11.8. The zero-order chi connectivity index (χ0) is 20.6. The van der Waals surface area contributed by atoms with Gasteiger partial charge in [0.15, 0.2) is 17.3 Å². The number of benzene rings is 3. The summed E-state index contributed by atoms with van der Waals surface area (Å²) < 4.78 is 22.3. The van der Waals surface area contributed by atoms with Gasteiger partial charge in [-0.3, -0.25) is 4.79 Å². The van der Waals surface area contributed by atoms with Crippen LogP contribution >= 0.6 is 0 Å². The van der Waals surface area contributed by atoms with Crippen molar-refractivity contribution in [3.05, 3.63) is 83.4 Å². The molecule has 0 radical (unpaired) electrons. The molecule has 5 nitrogen and oxygen atoms in total. The van der Waals surface area contributed by atoms with Gasteiger partial charge in [0.2, 0.25) is 0 Å². The van der Waals surface area contributed by atoms with E-state index in [0.29, 0.717) is 30.3 Å². The topological polar surface area (TPSA) is 54.0 Å². The maximum Gasteiger partial charge on any atom is 0.162 e. The lowest BCUT2D eigenvalue weighted by molar-refractivity contribution is 0.101. The molecule has 0 aliphatic rings. The van der Waals surface area contributed by atoms with Crippen LogP contribution in [0.3, 0.4) is 0 Å². The van der Waals surface area contributed by atoms with E-state index >= 15 is 0 Å². The van der Waals surface area contributed by atoms with Gasteiger partial charge in [0.1, 0.15) is 24.7 Å². The van der Waals surface area contributed by atoms with Crippen molar-refractivity contribution in [3.63, 3.8) is 0 Å². The van der Waals surface area contributed by atoms with E-state index in [1.807, 2.05) is 48.5 Å². The third-order valence-electron chi connectivity index (χ3n) is 4.46. The largest absolute Gasteiger partial charge is 0.497 e. The highest BCUT2D eigenvalue weighted by Crippen LogP contribution is 2.30. The number of Topliss-reactive ketones (excluding diaryl/α,β-unsaturated/α-hetero) is 1. The van der Waals surface area contributed by atoms with Gasteiger partial charge in [0, 0.05) is 5.56 Å². The van der Waals surface area contributed by atoms with Crippen LogP contribution in [0.2, 0.25) is 0 Å². The fraction of sp³-hybridized carbons (Fsp3) is 0.208. The van der Waals surface area contributed by atoms with E-state index < -0.39 is 0 Å². The number of ketones is 1. The minimum Gasteiger partial charge on any atom is -0.497 e. The Morgan fingerprint density at radius 1 is 0.690 bits per heavy atom. The number of ether oxygens (including phenoxy) is 4. The summed E-state index contributed by atoms with van der Waals surface area (Å²) in [6.45, 7) is 2.26. The molecule has 0 N–H and O–H groups in total. The minimum absolute atomic E-state index is 0.0269. The van der Waals surface area contributed by atoms with Crippen LogP contribution in [0.25, 0.3) is 0 Å². The third kappa shape index (κ3) is 5.51. The zero-order valence-electron chi connectivity index (χ0n) is 16.8. The van der Waals surface area contributed by atoms with Crippen LogP contribution in [0.5, 0.6) is 23.0 Å². The normalized spacial score (nSPS) is 10.3. The maximum absolute atomic E-state index is 11.8. The quantitative estimate of drug-likeness (QED) is 0.476. The SMILES string of the molecule is COc1ccc(COc2ccc(C(C)=O)cc2OCc2ccc(OC)cc2)cc1. The standard InChI is InChI=1S/C24H24O5/c1-17(25)20-8-13-23(28-15-18-4-9-21(26-2)10-5-18)24(14-20)29-16-19-6-11-22(27-3)12-7-19/h4-14H,15-16H2,1-3H3. The third-order valence-corrected chi connectivity index (χ3v) is 4.46. The first-order chi connectivity index (χ1) is 14.1. The first-order valence-electron chi connectivity index (χ1n) is 9.25. The van der Waals surface area contributed by atoms with Gasteiger partial charge in [0.25, 0.3) is 0 Å². The lowest BCUT2D eigenvalue weighted by Crippen LogP contribution is -2.02. The first kappa shape index (κ1) is 20.3. The summed E-state index contributed by atoms with van der Waals surface area (Å²) in [5.74, 6) is 2.67. The molecule has 3 aromatic carbocycles. The summed E-state index contributed by atoms with van der Waals surface area (Å²) >= 11 is 0. The predicted octanol–water partition coefficient (Wildman–Crippen LogP) is 5.06. The molecule has 0 aliphatic heterocycles. The van der Waals surface area contributed by atoms with E-state index in [1.54, 1.807) is 32.4 Å². The highest BCUT2D eigenvalue weighted by atomic mass is 16.5. The Bertz CT molecular complexity index is 946. The van der Waals surface area contributed by atoms with Crippen molar-refractivity contribution in [2.24, 2.45) is 0 Å². The molecule has 3 rings (SSSR count). The van der Waals surface area contributed by atoms with Crippen LogP contribution < -0.4 is 18.9 Å². The molecule has 0 spiro atoms. The summed E-state index contributed by atoms with van der Waals surface area (Å²) in [6.07, 6.45) is 0. The van der Waals surface area contributed by atoms with E-state index in [2.05, 4.69) is 0 Å². The average Bonchev–Trinajstić information content (AvgIpc) is 2.77. The van der Waals surface area contributed by atoms with Crippen LogP contribution in [0.4, 0.5) is 0 Å². The predicted molar refractivity (Wildman–Crippen MR) is 111 cm³/mol. The van der Waals surface area contributed by atoms with Crippen molar-refractivity contribution in [2.45, 2.75) is 20.1 Å². The summed E-state index contributed by atoms with van der Waals surface area (Å²) in [5.41, 5.74) is 2.56. The van der Waals surface area contributed by atoms with Gasteiger partial charge in [-0.15, -0.1) is 0 Å². The van der Waals surface area contributed by atoms with Gasteiger partial charge in [-0.1, -0.05) is 24.3 Å². The molecule has 29 heavy (non-hydrogen) atoms. The van der Waals surface area contributed by atoms with E-state index in [4.69, 9.17) is 18.9 Å². The van der Waals surface area contributed by atoms with Gasteiger partial charge in [-0.05, 0) is 60.5 Å². The Kier molecular flexibility index (Phi) is 6.74. The Morgan fingerprint density at radius 3 is 1.62 bits per heavy atom. The van der Waals surface area contributed by atoms with Crippen molar-refractivity contribution in [1.82, 2.24) is 0 Å². The molecule has 0 heterocycles. The smallest absolute Gasteiger partial charge is 0.162 e. The highest BCUT2D eigenvalue weighted by Gasteiger charge is 2.10. The number of methoxy groups -OCH3 is 2. The van der Waals surface area contributed by atoms with Crippen LogP contribution in [0.1, 0.15) is 28.4 Å². The number of hydrogen-bond donors (Lipinski definition) is 0. The van der Waals surface area contributed by atoms with Crippen molar-refractivity contribution in [3.8, 4) is 23.0 Å². The lowest BCUT2D eigenvalue weighted by Gasteiger charge is -2.14. The molecule has 0 saturated carbocycles. The molecule has 0 aromatic heterocycles. The van der Waals surface area contributed by atoms with Crippen LogP contribution in [-0.2, 0) is 13.2 Å². The van der Waals surface area contributed by atoms with Gasteiger partial charge >= 0.3 is 0 Å². The second-order valence-corrected chi connectivity index (χ2v) is 6.49. The molecular formula is C24H24O5. The van der Waals surface area contributed by atoms with Gasteiger partial charge < -0.3 is 18.9 Å². The first-order valence-corrected chi connectivity index (χ1v) is 9.25. The van der Waals surface area contributed by atoms with E-state index in [1.165, 1.54) is 6.92 Å². The monoisotopic (exact) mass is 392 g/mol. The Hall–Kier alpha value is -3.47. The lowest BCUT2D eigenvalue weighted by atomic mass is 10.1. The van der Waals surface area contributed by atoms with Crippen molar-refractivity contribution < 1.29 is 23.7 Å². The second kappa shape index (κ2) is 9.64. The van der Waals surface area contributed by atoms with Gasteiger partial charge in [-0.25, -0.2) is 0 Å². The van der Waals surface area contributed by atoms with E-state index in [0.717, 1.165) is 22.6 Å². The number of rotatable bonds is 9. The Morgan fingerprint density at radius 2 is 1.17 bits per heavy atom. The summed E-state index contributed by atoms with van der Waals surface area (Å²) in [6, 6.07) is 20.5. The fourth-order valence-corrected chi connectivity index (χ4v) is 2.72. The molecule has 3 aromatic rings. The molecule has 150 valence electrons. The molecule has 0 bridgehead atoms. The number of carbonyl (C=O) groups is 1. The van der Waals surface area contributed by atoms with Crippen LogP contribution in [0, 0.1) is 0 Å². The number of carbonyl (C=O) groups excluding carboxylic acids is 1. The van der Waals surface area contributed by atoms with Crippen LogP contribution in [0.15, 0.2) is 66.7 Å². The van der Waals surface area contributed by atoms with Crippen molar-refractivity contribution in [2.75, 3.05) is 14.2 Å². The molecule has 0 saturated heterocycles. The molecule has 0 aliphatic carbocycles. The minimum atomic E-state index is -0.0269. The highest BCUT2D eigenvalue weighted by molar-refractivity contribution is 5.94. The molecular weight excluding hydrogens is 368 g/mol. The van der Waals surface area contributed by atoms with E-state index in [-0.39, 0.29) is 5.78 Å². The molecule has 5 heteroatoms. The Balaban J connectivity index is 1.73. The van der Waals surface area contributed by atoms with Crippen LogP contribution in [-0.4, -0.2) is 20.0 Å². The Labute approximate surface area is 170 Å². The second-order valence-electron chi connectivity index (χ2n) is 6.49.